The molecule has 1 unspecified atom stereocenters. The molecule has 0 aromatic heterocycles. The molecule has 4 nitrogen and oxygen atoms in total. The summed E-state index contributed by atoms with van der Waals surface area (Å²) >= 11 is 0. The Bertz CT molecular complexity index is 1030. The highest BCUT2D eigenvalue weighted by molar-refractivity contribution is 7.89. The molecular weight excluding hydrogens is 346 g/mol. The highest BCUT2D eigenvalue weighted by Gasteiger charge is 2.36. The van der Waals surface area contributed by atoms with Crippen molar-refractivity contribution in [2.75, 3.05) is 13.7 Å². The minimum atomic E-state index is -3.54. The first-order chi connectivity index (χ1) is 12.6. The van der Waals surface area contributed by atoms with E-state index in [2.05, 4.69) is 0 Å². The van der Waals surface area contributed by atoms with Gasteiger partial charge in [0, 0.05) is 6.54 Å². The van der Waals surface area contributed by atoms with Crippen LogP contribution in [0.1, 0.15) is 24.4 Å². The third kappa shape index (κ3) is 2.97. The Hall–Kier alpha value is -2.37. The Labute approximate surface area is 154 Å². The van der Waals surface area contributed by atoms with Gasteiger partial charge in [-0.15, -0.1) is 0 Å². The molecule has 1 atom stereocenters. The second-order valence-electron chi connectivity index (χ2n) is 6.56. The lowest BCUT2D eigenvalue weighted by Crippen LogP contribution is -2.30. The van der Waals surface area contributed by atoms with Crippen LogP contribution in [0, 0.1) is 0 Å². The monoisotopic (exact) mass is 367 g/mol. The SMILES string of the molecule is COc1ccc(C2CCCN2S(=O)(=O)c2ccc3ccccc3c2)cc1. The lowest BCUT2D eigenvalue weighted by molar-refractivity contribution is 0.394. The highest BCUT2D eigenvalue weighted by atomic mass is 32.2. The van der Waals surface area contributed by atoms with Gasteiger partial charge in [0.25, 0.3) is 0 Å². The van der Waals surface area contributed by atoms with Crippen molar-refractivity contribution >= 4 is 20.8 Å². The third-order valence-electron chi connectivity index (χ3n) is 5.03. The molecule has 3 aromatic rings. The van der Waals surface area contributed by atoms with Gasteiger partial charge in [-0.1, -0.05) is 42.5 Å². The van der Waals surface area contributed by atoms with E-state index in [1.807, 2.05) is 54.6 Å². The maximum absolute atomic E-state index is 13.3. The van der Waals surface area contributed by atoms with Gasteiger partial charge in [0.15, 0.2) is 0 Å². The lowest BCUT2D eigenvalue weighted by atomic mass is 10.1. The number of benzene rings is 3. The molecule has 4 rings (SSSR count). The maximum atomic E-state index is 13.3. The van der Waals surface area contributed by atoms with Crippen molar-refractivity contribution in [1.29, 1.82) is 0 Å². The summed E-state index contributed by atoms with van der Waals surface area (Å²) in [5, 5.41) is 1.98. The topological polar surface area (TPSA) is 46.6 Å². The van der Waals surface area contributed by atoms with Gasteiger partial charge in [-0.05, 0) is 53.4 Å². The summed E-state index contributed by atoms with van der Waals surface area (Å²) in [5.41, 5.74) is 1.01. The molecule has 1 fully saturated rings. The van der Waals surface area contributed by atoms with Crippen LogP contribution in [0.15, 0.2) is 71.6 Å². The predicted molar refractivity (Wildman–Crippen MR) is 103 cm³/mol. The average molecular weight is 367 g/mol. The quantitative estimate of drug-likeness (QED) is 0.688. The fraction of sp³-hybridized carbons (Fsp3) is 0.238. The zero-order chi connectivity index (χ0) is 18.1. The standard InChI is InChI=1S/C21H21NO3S/c1-25-19-11-8-17(9-12-19)21-7-4-14-22(21)26(23,24)20-13-10-16-5-2-3-6-18(16)15-20/h2-3,5-6,8-13,15,21H,4,7,14H2,1H3. The van der Waals surface area contributed by atoms with Crippen molar-refractivity contribution in [1.82, 2.24) is 4.31 Å². The molecule has 0 N–H and O–H groups in total. The van der Waals surface area contributed by atoms with Gasteiger partial charge in [-0.2, -0.15) is 4.31 Å². The molecule has 0 bridgehead atoms. The second-order valence-corrected chi connectivity index (χ2v) is 8.45. The number of methoxy groups -OCH3 is 1. The number of hydrogen-bond acceptors (Lipinski definition) is 3. The van der Waals surface area contributed by atoms with E-state index < -0.39 is 10.0 Å². The van der Waals surface area contributed by atoms with Gasteiger partial charge in [0.2, 0.25) is 10.0 Å². The molecule has 0 aliphatic carbocycles. The first-order valence-corrected chi connectivity index (χ1v) is 10.2. The van der Waals surface area contributed by atoms with E-state index >= 15 is 0 Å². The van der Waals surface area contributed by atoms with Crippen molar-refractivity contribution in [3.63, 3.8) is 0 Å². The Morgan fingerprint density at radius 2 is 1.69 bits per heavy atom. The fourth-order valence-corrected chi connectivity index (χ4v) is 5.37. The molecule has 0 amide bonds. The third-order valence-corrected chi connectivity index (χ3v) is 6.94. The van der Waals surface area contributed by atoms with Gasteiger partial charge in [0.1, 0.15) is 5.75 Å². The van der Waals surface area contributed by atoms with Crippen molar-refractivity contribution in [2.45, 2.75) is 23.8 Å². The number of sulfonamides is 1. The maximum Gasteiger partial charge on any atom is 0.243 e. The minimum Gasteiger partial charge on any atom is -0.497 e. The van der Waals surface area contributed by atoms with E-state index in [9.17, 15) is 8.42 Å². The molecule has 1 saturated heterocycles. The lowest BCUT2D eigenvalue weighted by Gasteiger charge is -2.24. The second kappa shape index (κ2) is 6.74. The number of hydrogen-bond donors (Lipinski definition) is 0. The summed E-state index contributed by atoms with van der Waals surface area (Å²) in [6.45, 7) is 0.547. The molecule has 0 spiro atoms. The molecule has 3 aromatic carbocycles. The number of rotatable bonds is 4. The zero-order valence-corrected chi connectivity index (χ0v) is 15.4. The Morgan fingerprint density at radius 1 is 0.962 bits per heavy atom. The molecule has 1 aliphatic heterocycles. The first kappa shape index (κ1) is 17.1. The van der Waals surface area contributed by atoms with Crippen LogP contribution in [0.3, 0.4) is 0 Å². The van der Waals surface area contributed by atoms with Gasteiger partial charge in [-0.25, -0.2) is 8.42 Å². The summed E-state index contributed by atoms with van der Waals surface area (Å²) in [7, 11) is -1.92. The molecule has 1 aliphatic rings. The fourth-order valence-electron chi connectivity index (χ4n) is 3.65. The highest BCUT2D eigenvalue weighted by Crippen LogP contribution is 2.37. The minimum absolute atomic E-state index is 0.127. The first-order valence-electron chi connectivity index (χ1n) is 8.74. The molecule has 5 heteroatoms. The largest absolute Gasteiger partial charge is 0.497 e. The molecule has 134 valence electrons. The van der Waals surface area contributed by atoms with E-state index in [0.29, 0.717) is 11.4 Å². The van der Waals surface area contributed by atoms with Crippen LogP contribution >= 0.6 is 0 Å². The average Bonchev–Trinajstić information content (AvgIpc) is 3.18. The van der Waals surface area contributed by atoms with Gasteiger partial charge < -0.3 is 4.74 Å². The van der Waals surface area contributed by atoms with E-state index in [0.717, 1.165) is 34.9 Å². The van der Waals surface area contributed by atoms with E-state index in [1.165, 1.54) is 0 Å². The Morgan fingerprint density at radius 3 is 2.42 bits per heavy atom. The number of fused-ring (bicyclic) bond motifs is 1. The van der Waals surface area contributed by atoms with Crippen molar-refractivity contribution in [2.24, 2.45) is 0 Å². The van der Waals surface area contributed by atoms with Crippen molar-refractivity contribution < 1.29 is 13.2 Å². The molecule has 26 heavy (non-hydrogen) atoms. The van der Waals surface area contributed by atoms with Crippen molar-refractivity contribution in [3.05, 3.63) is 72.3 Å². The van der Waals surface area contributed by atoms with Crippen LogP contribution < -0.4 is 4.74 Å². The van der Waals surface area contributed by atoms with Crippen molar-refractivity contribution in [3.8, 4) is 5.75 Å². The molecule has 0 radical (unpaired) electrons. The van der Waals surface area contributed by atoms with Crippen LogP contribution in [-0.2, 0) is 10.0 Å². The summed E-state index contributed by atoms with van der Waals surface area (Å²) in [6.07, 6.45) is 1.70. The van der Waals surface area contributed by atoms with Crippen LogP contribution in [0.2, 0.25) is 0 Å². The summed E-state index contributed by atoms with van der Waals surface area (Å²) in [4.78, 5) is 0.358. The molecule has 0 saturated carbocycles. The van der Waals surface area contributed by atoms with Crippen LogP contribution in [0.4, 0.5) is 0 Å². The number of ether oxygens (including phenoxy) is 1. The van der Waals surface area contributed by atoms with Crippen LogP contribution in [0.25, 0.3) is 10.8 Å². The normalized spacial score (nSPS) is 18.3. The van der Waals surface area contributed by atoms with Gasteiger partial charge in [-0.3, -0.25) is 0 Å². The number of nitrogens with zero attached hydrogens (tertiary/aromatic N) is 1. The predicted octanol–water partition coefficient (Wildman–Crippen LogP) is 4.37. The van der Waals surface area contributed by atoms with Crippen LogP contribution in [-0.4, -0.2) is 26.4 Å². The zero-order valence-electron chi connectivity index (χ0n) is 14.6. The van der Waals surface area contributed by atoms with E-state index in [1.54, 1.807) is 23.5 Å². The van der Waals surface area contributed by atoms with Gasteiger partial charge >= 0.3 is 0 Å². The summed E-state index contributed by atoms with van der Waals surface area (Å²) in [6, 6.07) is 20.7. The summed E-state index contributed by atoms with van der Waals surface area (Å²) in [5.74, 6) is 0.774. The van der Waals surface area contributed by atoms with E-state index in [-0.39, 0.29) is 6.04 Å². The Balaban J connectivity index is 1.70. The van der Waals surface area contributed by atoms with Gasteiger partial charge in [0.05, 0.1) is 18.0 Å². The Kier molecular flexibility index (Phi) is 4.42. The molecular formula is C21H21NO3S. The summed E-state index contributed by atoms with van der Waals surface area (Å²) < 4.78 is 33.4. The smallest absolute Gasteiger partial charge is 0.243 e. The molecule has 1 heterocycles. The van der Waals surface area contributed by atoms with E-state index in [4.69, 9.17) is 4.74 Å². The van der Waals surface area contributed by atoms with Crippen LogP contribution in [0.5, 0.6) is 5.75 Å².